The number of carboxylic acid groups (broad SMARTS) is 1. The Hall–Kier alpha value is -6.62. The second kappa shape index (κ2) is 31.9. The summed E-state index contributed by atoms with van der Waals surface area (Å²) in [5.41, 5.74) is 18.7. The van der Waals surface area contributed by atoms with Crippen molar-refractivity contribution in [2.75, 3.05) is 68.4 Å². The highest BCUT2D eigenvalue weighted by atomic mass is 33.1. The summed E-state index contributed by atoms with van der Waals surface area (Å²) < 4.78 is 77.9. The van der Waals surface area contributed by atoms with Crippen molar-refractivity contribution in [1.82, 2.24) is 24.4 Å². The molecule has 0 saturated carbocycles. The normalized spacial score (nSPS) is 18.9. The lowest BCUT2D eigenvalue weighted by Gasteiger charge is -2.39. The van der Waals surface area contributed by atoms with E-state index in [2.05, 4.69) is 81.4 Å². The number of carbonyl (C=O) groups excluding carboxylic acids is 1. The molecule has 0 spiro atoms. The average Bonchev–Trinajstić information content (AvgIpc) is 1.15. The number of carboxylic acids is 1. The lowest BCUT2D eigenvalue weighted by molar-refractivity contribution is -0.0520. The van der Waals surface area contributed by atoms with Crippen molar-refractivity contribution in [3.8, 4) is 29.1 Å². The fourth-order valence-electron chi connectivity index (χ4n) is 14.3. The van der Waals surface area contributed by atoms with E-state index in [4.69, 9.17) is 39.0 Å². The molecule has 3 unspecified atom stereocenters. The zero-order valence-corrected chi connectivity index (χ0v) is 64.2. The number of phosphoric acid groups is 3. The first-order valence-electron chi connectivity index (χ1n) is 34.3. The molecule has 0 aliphatic carbocycles. The summed E-state index contributed by atoms with van der Waals surface area (Å²) in [5, 5.41) is 36.4. The molecule has 13 rings (SSSR count). The minimum absolute atomic E-state index is 0.0460. The SMILES string of the molecule is CC(C)(C)SSCOC1C[C@H](n2cc(C#CCOCSSC(C)(C)Cc3ccc(N=Nc4ccc(CCNC(=O)c5ccc(C6=c7cc8c9c(c7Oc7c6cc6c%10c7CCCN%10CCC6)CCC[N+]=9CCC8)c(C(=O)O)c5)cc4O)cc3)c3c(N)ncnc32)O[C@@H]1COP(=O)(O)OP(=O)(O)OP(=O)(O)O. The minimum atomic E-state index is -5.77. The summed E-state index contributed by atoms with van der Waals surface area (Å²) >= 11 is 0. The monoisotopic (exact) mass is 1570 g/mol. The van der Waals surface area contributed by atoms with Gasteiger partial charge in [-0.15, -0.1) is 5.11 Å². The highest BCUT2D eigenvalue weighted by Crippen LogP contribution is 2.66. The summed E-state index contributed by atoms with van der Waals surface area (Å²) in [6, 6.07) is 22.3. The van der Waals surface area contributed by atoms with E-state index < -0.39 is 60.4 Å². The standard InChI is InChI=1S/C71H80N9O18P3S4/c1-70(2,3)104-103-41-93-57-35-59(95-58(57)38-94-100(88,89)98-101(90,91)97-99(85,86)87)80-37-47(60-66(72)74-39-75-67(60)80)13-10-30-92-40-102-105-71(4,5)36-43-16-20-48(21-17-43)76-77-55-23-18-42(31-56(55)81)24-25-73-68(82)46-19-22-49(52(34-46)69(83)84)61-53-32-44-11-6-26-78-28-8-14-50(62(44)78)64(53)96-65-51-15-9-29-79-27-7-12-45(63(51)79)33-54(61)65/h16-23,31-34,37,39,57-59H,6-9,11-12,14-15,24-30,35-36,38,40-41H2,1-5H3,(H8-,72,73,74,75,76,81,82,83,84,85,86,87,88,89,90,91)/p+1/t57?,58-,59-/m1/s1. The molecule has 1 amide bonds. The fourth-order valence-corrected chi connectivity index (χ4v) is 21.5. The number of benzene rings is 5. The lowest BCUT2D eigenvalue weighted by Crippen LogP contribution is -2.45. The first kappa shape index (κ1) is 76.6. The van der Waals surface area contributed by atoms with Crippen LogP contribution in [0.2, 0.25) is 0 Å². The summed E-state index contributed by atoms with van der Waals surface area (Å²) in [5.74, 6) is 6.81. The van der Waals surface area contributed by atoms with Gasteiger partial charge in [0.1, 0.15) is 84.6 Å². The van der Waals surface area contributed by atoms with Crippen LogP contribution in [0, 0.1) is 11.8 Å². The number of nitrogen functional groups attached to an aromatic ring is 1. The zero-order chi connectivity index (χ0) is 74.2. The molecule has 2 aromatic heterocycles. The molecule has 34 heteroatoms. The van der Waals surface area contributed by atoms with Crippen molar-refractivity contribution in [2.45, 2.75) is 133 Å². The van der Waals surface area contributed by atoms with E-state index in [1.807, 2.05) is 51.1 Å². The van der Waals surface area contributed by atoms with Gasteiger partial charge in [-0.2, -0.15) is 13.7 Å². The van der Waals surface area contributed by atoms with Crippen LogP contribution in [0.5, 0.6) is 17.2 Å². The van der Waals surface area contributed by atoms with Gasteiger partial charge in [-0.1, -0.05) is 100 Å². The maximum absolute atomic E-state index is 13.9. The van der Waals surface area contributed by atoms with Crippen molar-refractivity contribution in [2.24, 2.45) is 10.2 Å². The number of phenolic OH excluding ortho intramolecular Hbond substituents is 1. The number of anilines is 2. The number of nitrogens with one attached hydrogen (secondary N) is 1. The van der Waals surface area contributed by atoms with Crippen LogP contribution >= 0.6 is 66.6 Å². The van der Waals surface area contributed by atoms with Crippen LogP contribution < -0.4 is 35.8 Å². The number of nitrogens with zero attached hydrogens (tertiary/aromatic N) is 7. The van der Waals surface area contributed by atoms with Crippen LogP contribution in [0.1, 0.15) is 144 Å². The number of azo groups is 1. The zero-order valence-electron chi connectivity index (χ0n) is 58.2. The first-order valence-corrected chi connectivity index (χ1v) is 43.4. The molecule has 6 aliphatic rings. The van der Waals surface area contributed by atoms with E-state index in [-0.39, 0.29) is 63.4 Å². The van der Waals surface area contributed by atoms with Crippen LogP contribution in [0.4, 0.5) is 22.9 Å². The third-order valence-electron chi connectivity index (χ3n) is 18.4. The van der Waals surface area contributed by atoms with Crippen LogP contribution in [-0.2, 0) is 79.6 Å². The predicted octanol–water partition coefficient (Wildman–Crippen LogP) is 12.1. The van der Waals surface area contributed by atoms with Gasteiger partial charge >= 0.3 is 29.4 Å². The lowest BCUT2D eigenvalue weighted by atomic mass is 9.81. The molecule has 5 atom stereocenters. The maximum Gasteiger partial charge on any atom is 0.490 e. The van der Waals surface area contributed by atoms with Gasteiger partial charge in [0.15, 0.2) is 0 Å². The van der Waals surface area contributed by atoms with E-state index in [0.29, 0.717) is 40.2 Å². The van der Waals surface area contributed by atoms with Crippen LogP contribution in [0.25, 0.3) is 16.6 Å². The summed E-state index contributed by atoms with van der Waals surface area (Å²) in [6.07, 6.45) is 9.30. The second-order valence-electron chi connectivity index (χ2n) is 27.8. The minimum Gasteiger partial charge on any atom is -0.506 e. The number of phenols is 1. The Labute approximate surface area is 621 Å². The highest BCUT2D eigenvalue weighted by Gasteiger charge is 2.45. The molecule has 27 nitrogen and oxygen atoms in total. The largest absolute Gasteiger partial charge is 0.506 e. The Balaban J connectivity index is 0.589. The maximum atomic E-state index is 13.9. The molecule has 1 fully saturated rings. The third kappa shape index (κ3) is 18.2. The van der Waals surface area contributed by atoms with Gasteiger partial charge in [0, 0.05) is 93.3 Å². The Morgan fingerprint density at radius 1 is 0.819 bits per heavy atom. The number of aromatic carboxylic acids is 1. The number of nitrogens with two attached hydrogens (primary N) is 1. The number of aromatic nitrogens is 3. The smallest absolute Gasteiger partial charge is 0.490 e. The van der Waals surface area contributed by atoms with Crippen molar-refractivity contribution in [3.63, 3.8) is 0 Å². The number of hydrogen-bond acceptors (Lipinski definition) is 23. The summed E-state index contributed by atoms with van der Waals surface area (Å²) in [6.45, 7) is 14.0. The van der Waals surface area contributed by atoms with Gasteiger partial charge in [0.05, 0.1) is 40.5 Å². The van der Waals surface area contributed by atoms with Gasteiger partial charge in [-0.05, 0) is 136 Å². The molecule has 9 N–H and O–H groups in total. The van der Waals surface area contributed by atoms with Crippen molar-refractivity contribution < 1.29 is 85.2 Å². The molecule has 5 aromatic carbocycles. The Kier molecular flexibility index (Phi) is 23.3. The number of hydrogen-bond donors (Lipinski definition) is 8. The Bertz CT molecular complexity index is 4940. The van der Waals surface area contributed by atoms with Gasteiger partial charge in [-0.25, -0.2) is 33.0 Å². The van der Waals surface area contributed by atoms with E-state index in [1.165, 1.54) is 67.3 Å². The van der Waals surface area contributed by atoms with Gasteiger partial charge in [0.25, 0.3) is 5.91 Å². The van der Waals surface area contributed by atoms with Gasteiger partial charge < -0.3 is 69.3 Å². The van der Waals surface area contributed by atoms with E-state index in [9.17, 15) is 43.3 Å². The molecule has 8 heterocycles. The van der Waals surface area contributed by atoms with E-state index in [0.717, 1.165) is 123 Å². The molecule has 6 aliphatic heterocycles. The van der Waals surface area contributed by atoms with Gasteiger partial charge in [-0.3, -0.25) is 9.32 Å². The third-order valence-corrected chi connectivity index (χ3v) is 28.2. The predicted molar refractivity (Wildman–Crippen MR) is 404 cm³/mol. The molecular formula is C71H81N9O18P3S4+. The van der Waals surface area contributed by atoms with Crippen molar-refractivity contribution >= 4 is 118 Å². The number of ether oxygens (including phenoxy) is 4. The number of aryl methyl sites for hydroxylation is 2. The number of amides is 1. The van der Waals surface area contributed by atoms with Crippen LogP contribution in [-0.4, -0.2) is 136 Å². The molecule has 7 aromatic rings. The number of rotatable bonds is 27. The fraction of sp³-hybridized carbons (Fsp3) is 0.423. The van der Waals surface area contributed by atoms with Crippen LogP contribution in [0.15, 0.2) is 95.5 Å². The number of aromatic hydroxyl groups is 1. The summed E-state index contributed by atoms with van der Waals surface area (Å²) in [7, 11) is -10.7. The average molecular weight is 1570 g/mol. The van der Waals surface area contributed by atoms with Crippen LogP contribution in [0.3, 0.4) is 0 Å². The number of fused-ring (bicyclic) bond motifs is 5. The number of phosphoric ester groups is 1. The highest BCUT2D eigenvalue weighted by molar-refractivity contribution is 8.77. The quantitative estimate of drug-likeness (QED) is 0.00451. The topological polar surface area (TPSA) is 371 Å². The van der Waals surface area contributed by atoms with Crippen molar-refractivity contribution in [3.05, 3.63) is 157 Å². The molecular weight excluding hydrogens is 1490 g/mol. The van der Waals surface area contributed by atoms with E-state index >= 15 is 0 Å². The first-order chi connectivity index (χ1) is 50.0. The Morgan fingerprint density at radius 3 is 2.32 bits per heavy atom. The number of carbonyl (C=O) groups is 2. The van der Waals surface area contributed by atoms with Gasteiger partial charge in [0.2, 0.25) is 5.36 Å². The van der Waals surface area contributed by atoms with Crippen molar-refractivity contribution in [1.29, 1.82) is 0 Å². The Morgan fingerprint density at radius 2 is 1.56 bits per heavy atom. The molecule has 0 bridgehead atoms. The molecule has 556 valence electrons. The van der Waals surface area contributed by atoms with E-state index in [1.54, 1.807) is 56.6 Å². The summed E-state index contributed by atoms with van der Waals surface area (Å²) in [4.78, 5) is 76.3. The molecule has 1 saturated heterocycles. The molecule has 105 heavy (non-hydrogen) atoms. The second-order valence-corrected chi connectivity index (χ2v) is 38.2. The molecule has 0 radical (unpaired) electrons.